The van der Waals surface area contributed by atoms with E-state index in [-0.39, 0.29) is 11.9 Å². The number of hydrogen-bond donors (Lipinski definition) is 1. The van der Waals surface area contributed by atoms with E-state index in [1.54, 1.807) is 11.9 Å². The van der Waals surface area contributed by atoms with Crippen molar-refractivity contribution in [1.29, 1.82) is 4.78 Å². The first-order valence-corrected chi connectivity index (χ1v) is 7.37. The molecule has 2 atom stereocenters. The average Bonchev–Trinajstić information content (AvgIpc) is 2.88. The van der Waals surface area contributed by atoms with Crippen molar-refractivity contribution in [3.05, 3.63) is 0 Å². The first-order chi connectivity index (χ1) is 6.98. The number of nitrogens with one attached hydrogen (secondary N) is 1. The Hall–Kier alpha value is -0.580. The van der Waals surface area contributed by atoms with Gasteiger partial charge < -0.3 is 4.90 Å². The van der Waals surface area contributed by atoms with Gasteiger partial charge in [-0.3, -0.25) is 9.57 Å². The number of amides is 1. The Labute approximate surface area is 91.0 Å². The standard InChI is InChI=1S/C10H18N2O2S/c1-12(10(13)6-8-2-3-8)9-4-5-15(11,14)7-9/h8-9,11H,2-7H2,1H3. The summed E-state index contributed by atoms with van der Waals surface area (Å²) in [6.45, 7) is 0. The Kier molecular flexibility index (Phi) is 2.75. The van der Waals surface area contributed by atoms with Crippen molar-refractivity contribution in [2.45, 2.75) is 31.7 Å². The van der Waals surface area contributed by atoms with Gasteiger partial charge in [-0.05, 0) is 25.2 Å². The molecule has 86 valence electrons. The molecule has 2 aliphatic rings. The summed E-state index contributed by atoms with van der Waals surface area (Å²) in [5, 5.41) is 0. The minimum absolute atomic E-state index is 0.0428. The lowest BCUT2D eigenvalue weighted by Gasteiger charge is -2.23. The minimum Gasteiger partial charge on any atom is -0.342 e. The van der Waals surface area contributed by atoms with E-state index in [9.17, 15) is 9.00 Å². The summed E-state index contributed by atoms with van der Waals surface area (Å²) in [7, 11) is -0.593. The van der Waals surface area contributed by atoms with Crippen molar-refractivity contribution in [2.75, 3.05) is 18.6 Å². The smallest absolute Gasteiger partial charge is 0.222 e. The molecular formula is C10H18N2O2S. The maximum Gasteiger partial charge on any atom is 0.222 e. The summed E-state index contributed by atoms with van der Waals surface area (Å²) in [4.78, 5) is 13.5. The van der Waals surface area contributed by atoms with E-state index in [1.807, 2.05) is 0 Å². The molecule has 0 aromatic carbocycles. The van der Waals surface area contributed by atoms with Crippen molar-refractivity contribution in [3.8, 4) is 0 Å². The van der Waals surface area contributed by atoms with Crippen LogP contribution in [0.4, 0.5) is 0 Å². The predicted molar refractivity (Wildman–Crippen MR) is 59.1 cm³/mol. The highest BCUT2D eigenvalue weighted by Crippen LogP contribution is 2.33. The van der Waals surface area contributed by atoms with Gasteiger partial charge in [0.1, 0.15) is 0 Å². The van der Waals surface area contributed by atoms with Crippen LogP contribution in [0.15, 0.2) is 0 Å². The molecule has 0 radical (unpaired) electrons. The van der Waals surface area contributed by atoms with Crippen LogP contribution in [0.25, 0.3) is 0 Å². The second-order valence-corrected chi connectivity index (χ2v) is 7.14. The van der Waals surface area contributed by atoms with Gasteiger partial charge in [-0.25, -0.2) is 4.21 Å². The molecule has 2 fully saturated rings. The van der Waals surface area contributed by atoms with Gasteiger partial charge in [-0.15, -0.1) is 0 Å². The zero-order valence-electron chi connectivity index (χ0n) is 9.07. The molecule has 0 aromatic rings. The molecule has 2 rings (SSSR count). The molecular weight excluding hydrogens is 212 g/mol. The highest BCUT2D eigenvalue weighted by molar-refractivity contribution is 7.92. The van der Waals surface area contributed by atoms with E-state index in [0.29, 0.717) is 23.8 Å². The highest BCUT2D eigenvalue weighted by Gasteiger charge is 2.32. The molecule has 1 aliphatic heterocycles. The Balaban J connectivity index is 1.90. The average molecular weight is 230 g/mol. The zero-order valence-corrected chi connectivity index (χ0v) is 9.89. The van der Waals surface area contributed by atoms with E-state index in [0.717, 1.165) is 6.42 Å². The largest absolute Gasteiger partial charge is 0.342 e. The van der Waals surface area contributed by atoms with Crippen LogP contribution < -0.4 is 0 Å². The Morgan fingerprint density at radius 2 is 2.13 bits per heavy atom. The summed E-state index contributed by atoms with van der Waals surface area (Å²) >= 11 is 0. The topological polar surface area (TPSA) is 61.2 Å². The van der Waals surface area contributed by atoms with Crippen LogP contribution in [0.5, 0.6) is 0 Å². The minimum atomic E-state index is -2.38. The van der Waals surface area contributed by atoms with Gasteiger partial charge in [0, 0.05) is 35.0 Å². The van der Waals surface area contributed by atoms with Gasteiger partial charge in [0.15, 0.2) is 0 Å². The number of carbonyl (C=O) groups is 1. The molecule has 0 aromatic heterocycles. The molecule has 1 saturated carbocycles. The Morgan fingerprint density at radius 3 is 2.60 bits per heavy atom. The lowest BCUT2D eigenvalue weighted by Crippen LogP contribution is -2.37. The molecule has 1 amide bonds. The van der Waals surface area contributed by atoms with Crippen molar-refractivity contribution in [2.24, 2.45) is 5.92 Å². The van der Waals surface area contributed by atoms with E-state index in [1.165, 1.54) is 12.8 Å². The molecule has 2 unspecified atom stereocenters. The molecule has 0 bridgehead atoms. The molecule has 1 N–H and O–H groups in total. The van der Waals surface area contributed by atoms with E-state index in [2.05, 4.69) is 0 Å². The molecule has 15 heavy (non-hydrogen) atoms. The maximum absolute atomic E-state index is 11.8. The number of rotatable bonds is 3. The summed E-state index contributed by atoms with van der Waals surface area (Å²) in [6, 6.07) is 0.0428. The van der Waals surface area contributed by atoms with Crippen LogP contribution in [-0.4, -0.2) is 39.6 Å². The highest BCUT2D eigenvalue weighted by atomic mass is 32.2. The first-order valence-electron chi connectivity index (χ1n) is 5.48. The second-order valence-electron chi connectivity index (χ2n) is 4.78. The second kappa shape index (κ2) is 3.77. The lowest BCUT2D eigenvalue weighted by atomic mass is 10.2. The fraction of sp³-hybridized carbons (Fsp3) is 0.900. The van der Waals surface area contributed by atoms with Crippen LogP contribution in [0.2, 0.25) is 0 Å². The maximum atomic E-state index is 11.8. The van der Waals surface area contributed by atoms with Crippen LogP contribution in [0.3, 0.4) is 0 Å². The van der Waals surface area contributed by atoms with Crippen LogP contribution >= 0.6 is 0 Å². The van der Waals surface area contributed by atoms with Crippen molar-refractivity contribution in [3.63, 3.8) is 0 Å². The van der Waals surface area contributed by atoms with Gasteiger partial charge in [0.05, 0.1) is 5.75 Å². The molecule has 0 spiro atoms. The number of carbonyl (C=O) groups excluding carboxylic acids is 1. The summed E-state index contributed by atoms with van der Waals surface area (Å²) in [5.41, 5.74) is 0. The van der Waals surface area contributed by atoms with Crippen molar-refractivity contribution >= 4 is 15.6 Å². The van der Waals surface area contributed by atoms with Gasteiger partial charge in [0.25, 0.3) is 0 Å². The van der Waals surface area contributed by atoms with Gasteiger partial charge in [0.2, 0.25) is 5.91 Å². The van der Waals surface area contributed by atoms with Crippen molar-refractivity contribution < 1.29 is 9.00 Å². The molecule has 4 nitrogen and oxygen atoms in total. The molecule has 1 heterocycles. The molecule has 5 heteroatoms. The van der Waals surface area contributed by atoms with Crippen molar-refractivity contribution in [1.82, 2.24) is 4.90 Å². The van der Waals surface area contributed by atoms with E-state index in [4.69, 9.17) is 4.78 Å². The monoisotopic (exact) mass is 230 g/mol. The van der Waals surface area contributed by atoms with Gasteiger partial charge in [-0.1, -0.05) is 0 Å². The lowest BCUT2D eigenvalue weighted by molar-refractivity contribution is -0.131. The van der Waals surface area contributed by atoms with Crippen LogP contribution in [0, 0.1) is 10.7 Å². The summed E-state index contributed by atoms with van der Waals surface area (Å²) < 4.78 is 19.0. The third-order valence-corrected chi connectivity index (χ3v) is 5.16. The normalized spacial score (nSPS) is 35.4. The first kappa shape index (κ1) is 10.9. The summed E-state index contributed by atoms with van der Waals surface area (Å²) in [6.07, 6.45) is 3.74. The van der Waals surface area contributed by atoms with Crippen LogP contribution in [0.1, 0.15) is 25.7 Å². The predicted octanol–water partition coefficient (Wildman–Crippen LogP) is 1.06. The summed E-state index contributed by atoms with van der Waals surface area (Å²) in [5.74, 6) is 1.60. The number of hydrogen-bond acceptors (Lipinski definition) is 3. The quantitative estimate of drug-likeness (QED) is 0.788. The van der Waals surface area contributed by atoms with Gasteiger partial charge >= 0.3 is 0 Å². The van der Waals surface area contributed by atoms with E-state index < -0.39 is 9.73 Å². The van der Waals surface area contributed by atoms with Crippen LogP contribution in [-0.2, 0) is 14.5 Å². The third kappa shape index (κ3) is 2.71. The SMILES string of the molecule is CN(C(=O)CC1CC1)C1CCS(=N)(=O)C1. The Bertz CT molecular complexity index is 360. The molecule has 1 aliphatic carbocycles. The number of nitrogens with zero attached hydrogens (tertiary/aromatic N) is 1. The van der Waals surface area contributed by atoms with E-state index >= 15 is 0 Å². The fourth-order valence-electron chi connectivity index (χ4n) is 2.03. The molecule has 1 saturated heterocycles. The zero-order chi connectivity index (χ0) is 11.1. The Morgan fingerprint density at radius 1 is 1.47 bits per heavy atom. The fourth-order valence-corrected chi connectivity index (χ4v) is 3.86. The third-order valence-electron chi connectivity index (χ3n) is 3.34. The van der Waals surface area contributed by atoms with Gasteiger partial charge in [-0.2, -0.15) is 0 Å².